The number of aromatic nitrogens is 2. The predicted molar refractivity (Wildman–Crippen MR) is 71.3 cm³/mol. The average molecular weight is 237 g/mol. The zero-order chi connectivity index (χ0) is 12.5. The van der Waals surface area contributed by atoms with Gasteiger partial charge >= 0.3 is 0 Å². The van der Waals surface area contributed by atoms with E-state index in [-0.39, 0.29) is 0 Å². The van der Waals surface area contributed by atoms with Gasteiger partial charge in [0.15, 0.2) is 0 Å². The Labute approximate surface area is 104 Å². The molecule has 0 radical (unpaired) electrons. The van der Waals surface area contributed by atoms with E-state index in [1.54, 1.807) is 22.9 Å². The summed E-state index contributed by atoms with van der Waals surface area (Å²) >= 11 is 0. The lowest BCUT2D eigenvalue weighted by Crippen LogP contribution is -1.93. The number of hydrogen-bond acceptors (Lipinski definition) is 3. The predicted octanol–water partition coefficient (Wildman–Crippen LogP) is 3.73. The molecule has 0 saturated carbocycles. The van der Waals surface area contributed by atoms with Crippen LogP contribution in [-0.2, 0) is 0 Å². The van der Waals surface area contributed by atoms with Crippen LogP contribution in [0.5, 0.6) is 0 Å². The van der Waals surface area contributed by atoms with Crippen molar-refractivity contribution in [2.45, 2.75) is 6.92 Å². The molecule has 0 spiro atoms. The Morgan fingerprint density at radius 3 is 2.61 bits per heavy atom. The van der Waals surface area contributed by atoms with E-state index in [2.05, 4.69) is 10.3 Å². The van der Waals surface area contributed by atoms with Crippen LogP contribution in [0, 0.1) is 11.8 Å². The minimum atomic E-state index is 0.422. The van der Waals surface area contributed by atoms with Crippen LogP contribution in [0.25, 0.3) is 16.6 Å². The second-order valence-corrected chi connectivity index (χ2v) is 4.24. The van der Waals surface area contributed by atoms with Crippen LogP contribution >= 0.6 is 0 Å². The lowest BCUT2D eigenvalue weighted by molar-refractivity contribution is 0.896. The molecule has 0 unspecified atom stereocenters. The van der Waals surface area contributed by atoms with Gasteiger partial charge in [-0.15, -0.1) is 4.91 Å². The van der Waals surface area contributed by atoms with Crippen LogP contribution in [0.3, 0.4) is 0 Å². The summed E-state index contributed by atoms with van der Waals surface area (Å²) in [7, 11) is 0. The van der Waals surface area contributed by atoms with E-state index in [0.717, 1.165) is 16.6 Å². The van der Waals surface area contributed by atoms with Gasteiger partial charge in [-0.3, -0.25) is 0 Å². The molecule has 18 heavy (non-hydrogen) atoms. The van der Waals surface area contributed by atoms with Crippen LogP contribution < -0.4 is 0 Å². The maximum Gasteiger partial charge on any atom is 0.108 e. The summed E-state index contributed by atoms with van der Waals surface area (Å²) in [6.45, 7) is 2.05. The molecule has 2 aromatic carbocycles. The van der Waals surface area contributed by atoms with Gasteiger partial charge in [0.25, 0.3) is 0 Å². The number of nitroso groups, excluding NO2 is 1. The Bertz CT molecular complexity index is 713. The van der Waals surface area contributed by atoms with Gasteiger partial charge < -0.3 is 0 Å². The first kappa shape index (κ1) is 10.7. The second-order valence-electron chi connectivity index (χ2n) is 4.24. The van der Waals surface area contributed by atoms with Crippen molar-refractivity contribution in [3.05, 3.63) is 59.1 Å². The van der Waals surface area contributed by atoms with Crippen LogP contribution in [0.15, 0.2) is 53.8 Å². The number of nitrogens with zero attached hydrogens (tertiary/aromatic N) is 3. The maximum absolute atomic E-state index is 10.5. The molecular formula is C14H11N3O. The topological polar surface area (TPSA) is 47.2 Å². The first-order chi connectivity index (χ1) is 8.76. The molecule has 4 heteroatoms. The fourth-order valence-electron chi connectivity index (χ4n) is 1.90. The zero-order valence-electron chi connectivity index (χ0n) is 9.87. The molecule has 3 aromatic rings. The minimum Gasteiger partial charge on any atom is -0.240 e. The Morgan fingerprint density at radius 2 is 1.89 bits per heavy atom. The zero-order valence-corrected chi connectivity index (χ0v) is 9.87. The average Bonchev–Trinajstić information content (AvgIpc) is 2.82. The monoisotopic (exact) mass is 237 g/mol. The van der Waals surface area contributed by atoms with Crippen molar-refractivity contribution in [2.75, 3.05) is 0 Å². The Hall–Kier alpha value is -2.49. The summed E-state index contributed by atoms with van der Waals surface area (Å²) in [6.07, 6.45) is 1.90. The third-order valence-electron chi connectivity index (χ3n) is 2.89. The van der Waals surface area contributed by atoms with E-state index in [9.17, 15) is 4.91 Å². The highest BCUT2D eigenvalue weighted by Gasteiger charge is 2.03. The van der Waals surface area contributed by atoms with Crippen molar-refractivity contribution in [1.29, 1.82) is 0 Å². The van der Waals surface area contributed by atoms with E-state index in [0.29, 0.717) is 5.69 Å². The molecule has 4 nitrogen and oxygen atoms in total. The molecule has 0 N–H and O–H groups in total. The summed E-state index contributed by atoms with van der Waals surface area (Å²) in [5.74, 6) is 0. The molecule has 0 atom stereocenters. The van der Waals surface area contributed by atoms with Crippen LogP contribution in [-0.4, -0.2) is 9.78 Å². The minimum absolute atomic E-state index is 0.422. The smallest absolute Gasteiger partial charge is 0.108 e. The highest BCUT2D eigenvalue weighted by Crippen LogP contribution is 2.21. The fraction of sp³-hybridized carbons (Fsp3) is 0.0714. The van der Waals surface area contributed by atoms with E-state index in [1.165, 1.54) is 5.56 Å². The molecule has 0 aliphatic heterocycles. The lowest BCUT2D eigenvalue weighted by Gasteiger charge is -2.00. The highest BCUT2D eigenvalue weighted by molar-refractivity contribution is 5.81. The summed E-state index contributed by atoms with van der Waals surface area (Å²) in [5.41, 5.74) is 3.48. The third kappa shape index (κ3) is 1.78. The van der Waals surface area contributed by atoms with Gasteiger partial charge in [0.1, 0.15) is 5.69 Å². The number of hydrogen-bond donors (Lipinski definition) is 0. The molecule has 0 fully saturated rings. The number of fused-ring (bicyclic) bond motifs is 1. The van der Waals surface area contributed by atoms with Crippen molar-refractivity contribution >= 4 is 16.6 Å². The molecule has 0 aliphatic carbocycles. The first-order valence-corrected chi connectivity index (χ1v) is 5.66. The van der Waals surface area contributed by atoms with Gasteiger partial charge in [0.2, 0.25) is 0 Å². The van der Waals surface area contributed by atoms with E-state index >= 15 is 0 Å². The van der Waals surface area contributed by atoms with Crippen LogP contribution in [0.4, 0.5) is 5.69 Å². The largest absolute Gasteiger partial charge is 0.240 e. The summed E-state index contributed by atoms with van der Waals surface area (Å²) in [5, 5.41) is 8.30. The normalized spacial score (nSPS) is 10.7. The van der Waals surface area contributed by atoms with Crippen molar-refractivity contribution in [3.63, 3.8) is 0 Å². The lowest BCUT2D eigenvalue weighted by atomic mass is 10.2. The SMILES string of the molecule is Cc1ccc(-n2cc3cc(N=O)ccc3n2)cc1. The molecule has 3 rings (SSSR count). The van der Waals surface area contributed by atoms with Gasteiger partial charge in [-0.25, -0.2) is 4.68 Å². The molecular weight excluding hydrogens is 226 g/mol. The van der Waals surface area contributed by atoms with Gasteiger partial charge in [0, 0.05) is 11.6 Å². The van der Waals surface area contributed by atoms with Crippen LogP contribution in [0.2, 0.25) is 0 Å². The Kier molecular flexibility index (Phi) is 2.41. The summed E-state index contributed by atoms with van der Waals surface area (Å²) in [6, 6.07) is 13.3. The van der Waals surface area contributed by atoms with E-state index in [1.807, 2.05) is 37.4 Å². The summed E-state index contributed by atoms with van der Waals surface area (Å²) in [4.78, 5) is 10.5. The van der Waals surface area contributed by atoms with Crippen LogP contribution in [0.1, 0.15) is 5.56 Å². The fourth-order valence-corrected chi connectivity index (χ4v) is 1.90. The van der Waals surface area contributed by atoms with Gasteiger partial charge in [0.05, 0.1) is 11.2 Å². The Morgan fingerprint density at radius 1 is 1.11 bits per heavy atom. The standard InChI is InChI=1S/C14H11N3O/c1-10-2-5-13(6-3-10)17-9-11-8-12(16-18)4-7-14(11)15-17/h2-9H,1H3. The molecule has 0 amide bonds. The van der Waals surface area contributed by atoms with Gasteiger partial charge in [-0.2, -0.15) is 5.10 Å². The molecule has 0 bridgehead atoms. The Balaban J connectivity index is 2.12. The molecule has 0 saturated heterocycles. The summed E-state index contributed by atoms with van der Waals surface area (Å²) < 4.78 is 1.80. The second kappa shape index (κ2) is 4.07. The van der Waals surface area contributed by atoms with Crippen molar-refractivity contribution < 1.29 is 0 Å². The molecule has 88 valence electrons. The molecule has 1 aromatic heterocycles. The number of rotatable bonds is 2. The molecule has 1 heterocycles. The maximum atomic E-state index is 10.5. The number of benzene rings is 2. The van der Waals surface area contributed by atoms with E-state index in [4.69, 9.17) is 0 Å². The van der Waals surface area contributed by atoms with Crippen molar-refractivity contribution in [3.8, 4) is 5.69 Å². The van der Waals surface area contributed by atoms with Gasteiger partial charge in [-0.05, 0) is 42.4 Å². The van der Waals surface area contributed by atoms with E-state index < -0.39 is 0 Å². The quantitative estimate of drug-likeness (QED) is 0.637. The van der Waals surface area contributed by atoms with Crippen molar-refractivity contribution in [2.24, 2.45) is 5.18 Å². The first-order valence-electron chi connectivity index (χ1n) is 5.66. The third-order valence-corrected chi connectivity index (χ3v) is 2.89. The van der Waals surface area contributed by atoms with Gasteiger partial charge in [-0.1, -0.05) is 17.7 Å². The molecule has 0 aliphatic rings. The van der Waals surface area contributed by atoms with Crippen molar-refractivity contribution in [1.82, 2.24) is 9.78 Å². The highest BCUT2D eigenvalue weighted by atomic mass is 16.3. The number of aryl methyl sites for hydroxylation is 1.